The van der Waals surface area contributed by atoms with Crippen molar-refractivity contribution in [2.45, 2.75) is 27.4 Å². The Balaban J connectivity index is 1.59. The third kappa shape index (κ3) is 3.99. The van der Waals surface area contributed by atoms with E-state index in [1.54, 1.807) is 12.1 Å². The van der Waals surface area contributed by atoms with Gasteiger partial charge in [0.1, 0.15) is 18.1 Å². The second kappa shape index (κ2) is 7.88. The smallest absolute Gasteiger partial charge is 0.231 e. The molecule has 0 atom stereocenters. The fourth-order valence-corrected chi connectivity index (χ4v) is 3.80. The summed E-state index contributed by atoms with van der Waals surface area (Å²) in [6.07, 6.45) is 1.77. The van der Waals surface area contributed by atoms with E-state index in [0.29, 0.717) is 23.7 Å². The number of carbonyl (C=O) groups excluding carboxylic acids is 1. The zero-order valence-corrected chi connectivity index (χ0v) is 18.2. The van der Waals surface area contributed by atoms with Crippen LogP contribution in [0.2, 0.25) is 0 Å². The summed E-state index contributed by atoms with van der Waals surface area (Å²) < 4.78 is 13.0. The Bertz CT molecular complexity index is 1140. The third-order valence-electron chi connectivity index (χ3n) is 5.07. The molecule has 0 aromatic heterocycles. The molecule has 0 fully saturated rings. The van der Waals surface area contributed by atoms with Crippen molar-refractivity contribution in [3.8, 4) is 11.5 Å². The highest BCUT2D eigenvalue weighted by molar-refractivity contribution is 9.10. The van der Waals surface area contributed by atoms with Gasteiger partial charge in [-0.15, -0.1) is 0 Å². The molecule has 29 heavy (non-hydrogen) atoms. The van der Waals surface area contributed by atoms with E-state index >= 15 is 0 Å². The van der Waals surface area contributed by atoms with Crippen molar-refractivity contribution < 1.29 is 14.3 Å². The minimum absolute atomic E-state index is 0.107. The standard InChI is InChI=1S/C25H21BrO3/c1-15-7-8-16(2)19(11-15)14-28-22-10-9-21-24(27)23(29-25(21)17(22)3)13-18-5-4-6-20(26)12-18/h4-13H,14H2,1-3H3/b23-13-. The van der Waals surface area contributed by atoms with Gasteiger partial charge in [-0.3, -0.25) is 4.79 Å². The van der Waals surface area contributed by atoms with Crippen molar-refractivity contribution in [3.05, 3.63) is 98.2 Å². The molecule has 3 aromatic carbocycles. The van der Waals surface area contributed by atoms with Crippen LogP contribution in [0, 0.1) is 20.8 Å². The molecule has 0 bridgehead atoms. The summed E-state index contributed by atoms with van der Waals surface area (Å²) in [5.41, 5.74) is 5.86. The number of aryl methyl sites for hydroxylation is 2. The molecular formula is C25H21BrO3. The van der Waals surface area contributed by atoms with Crippen LogP contribution in [0.15, 0.2) is 64.8 Å². The van der Waals surface area contributed by atoms with Crippen LogP contribution < -0.4 is 9.47 Å². The van der Waals surface area contributed by atoms with E-state index in [0.717, 1.165) is 26.9 Å². The number of hydrogen-bond acceptors (Lipinski definition) is 3. The maximum absolute atomic E-state index is 12.8. The van der Waals surface area contributed by atoms with Gasteiger partial charge >= 0.3 is 0 Å². The zero-order valence-electron chi connectivity index (χ0n) is 16.6. The first-order chi connectivity index (χ1) is 13.9. The van der Waals surface area contributed by atoms with Crippen molar-refractivity contribution in [3.63, 3.8) is 0 Å². The van der Waals surface area contributed by atoms with Crippen LogP contribution in [-0.2, 0) is 6.61 Å². The van der Waals surface area contributed by atoms with Gasteiger partial charge in [0.05, 0.1) is 5.56 Å². The Hall–Kier alpha value is -2.85. The van der Waals surface area contributed by atoms with Crippen molar-refractivity contribution in [1.82, 2.24) is 0 Å². The highest BCUT2D eigenvalue weighted by Gasteiger charge is 2.30. The Kier molecular flexibility index (Phi) is 5.29. The van der Waals surface area contributed by atoms with E-state index in [2.05, 4.69) is 48.0 Å². The summed E-state index contributed by atoms with van der Waals surface area (Å²) in [7, 11) is 0. The van der Waals surface area contributed by atoms with Crippen LogP contribution in [0.5, 0.6) is 11.5 Å². The van der Waals surface area contributed by atoms with Gasteiger partial charge in [0.2, 0.25) is 5.78 Å². The van der Waals surface area contributed by atoms with Crippen LogP contribution in [0.3, 0.4) is 0 Å². The van der Waals surface area contributed by atoms with E-state index in [4.69, 9.17) is 9.47 Å². The quantitative estimate of drug-likeness (QED) is 0.423. The zero-order chi connectivity index (χ0) is 20.5. The second-order valence-electron chi connectivity index (χ2n) is 7.28. The number of benzene rings is 3. The summed E-state index contributed by atoms with van der Waals surface area (Å²) in [5, 5.41) is 0. The van der Waals surface area contributed by atoms with E-state index in [9.17, 15) is 4.79 Å². The lowest BCUT2D eigenvalue weighted by atomic mass is 10.1. The average Bonchev–Trinajstić information content (AvgIpc) is 3.00. The maximum atomic E-state index is 12.8. The molecule has 1 aliphatic heterocycles. The molecule has 4 heteroatoms. The lowest BCUT2D eigenvalue weighted by Gasteiger charge is -2.13. The number of ether oxygens (including phenoxy) is 2. The van der Waals surface area contributed by atoms with Crippen molar-refractivity contribution in [2.24, 2.45) is 0 Å². The summed E-state index contributed by atoms with van der Waals surface area (Å²) >= 11 is 3.45. The largest absolute Gasteiger partial charge is 0.488 e. The number of fused-ring (bicyclic) bond motifs is 1. The molecule has 3 aromatic rings. The van der Waals surface area contributed by atoms with Crippen molar-refractivity contribution in [1.29, 1.82) is 0 Å². The summed E-state index contributed by atoms with van der Waals surface area (Å²) in [5.74, 6) is 1.52. The third-order valence-corrected chi connectivity index (χ3v) is 5.56. The van der Waals surface area contributed by atoms with Gasteiger partial charge in [0.15, 0.2) is 5.76 Å². The first kappa shape index (κ1) is 19.5. The molecule has 0 radical (unpaired) electrons. The Labute approximate surface area is 179 Å². The van der Waals surface area contributed by atoms with Gasteiger partial charge < -0.3 is 9.47 Å². The van der Waals surface area contributed by atoms with Crippen LogP contribution in [-0.4, -0.2) is 5.78 Å². The molecular weight excluding hydrogens is 428 g/mol. The van der Waals surface area contributed by atoms with Gasteiger partial charge in [0.25, 0.3) is 0 Å². The van der Waals surface area contributed by atoms with E-state index in [1.807, 2.05) is 37.3 Å². The molecule has 146 valence electrons. The Morgan fingerprint density at radius 1 is 1.03 bits per heavy atom. The minimum atomic E-state index is -0.107. The first-order valence-electron chi connectivity index (χ1n) is 9.45. The molecule has 0 N–H and O–H groups in total. The highest BCUT2D eigenvalue weighted by atomic mass is 79.9. The fraction of sp³-hybridized carbons (Fsp3) is 0.160. The summed E-state index contributed by atoms with van der Waals surface area (Å²) in [4.78, 5) is 12.8. The molecule has 3 nitrogen and oxygen atoms in total. The molecule has 0 amide bonds. The predicted molar refractivity (Wildman–Crippen MR) is 119 cm³/mol. The SMILES string of the molecule is Cc1ccc(C)c(COc2ccc3c(c2C)O/C(=C\c2cccc(Br)c2)C3=O)c1. The number of carbonyl (C=O) groups is 1. The molecule has 1 heterocycles. The lowest BCUT2D eigenvalue weighted by molar-refractivity contribution is 0.101. The van der Waals surface area contributed by atoms with Gasteiger partial charge in [0, 0.05) is 10.0 Å². The fourth-order valence-electron chi connectivity index (χ4n) is 3.38. The maximum Gasteiger partial charge on any atom is 0.231 e. The van der Waals surface area contributed by atoms with E-state index < -0.39 is 0 Å². The van der Waals surface area contributed by atoms with Gasteiger partial charge in [-0.05, 0) is 67.8 Å². The van der Waals surface area contributed by atoms with Crippen LogP contribution in [0.4, 0.5) is 0 Å². The number of ketones is 1. The van der Waals surface area contributed by atoms with Gasteiger partial charge in [-0.2, -0.15) is 0 Å². The van der Waals surface area contributed by atoms with Crippen molar-refractivity contribution >= 4 is 27.8 Å². The Morgan fingerprint density at radius 3 is 2.66 bits per heavy atom. The summed E-state index contributed by atoms with van der Waals surface area (Å²) in [6.45, 7) is 6.55. The molecule has 0 unspecified atom stereocenters. The van der Waals surface area contributed by atoms with Crippen molar-refractivity contribution in [2.75, 3.05) is 0 Å². The number of rotatable bonds is 4. The van der Waals surface area contributed by atoms with E-state index in [1.165, 1.54) is 11.1 Å². The summed E-state index contributed by atoms with van der Waals surface area (Å²) in [6, 6.07) is 17.7. The van der Waals surface area contributed by atoms with Crippen LogP contribution in [0.1, 0.15) is 38.2 Å². The van der Waals surface area contributed by atoms with E-state index in [-0.39, 0.29) is 5.78 Å². The number of hydrogen-bond donors (Lipinski definition) is 0. The Morgan fingerprint density at radius 2 is 1.86 bits per heavy atom. The van der Waals surface area contributed by atoms with Crippen LogP contribution in [0.25, 0.3) is 6.08 Å². The van der Waals surface area contributed by atoms with Gasteiger partial charge in [-0.25, -0.2) is 0 Å². The molecule has 0 saturated heterocycles. The molecule has 0 saturated carbocycles. The normalized spacial score (nSPS) is 14.1. The minimum Gasteiger partial charge on any atom is -0.488 e. The van der Waals surface area contributed by atoms with Crippen LogP contribution >= 0.6 is 15.9 Å². The monoisotopic (exact) mass is 448 g/mol. The van der Waals surface area contributed by atoms with Gasteiger partial charge in [-0.1, -0.05) is 51.8 Å². The molecule has 0 aliphatic carbocycles. The average molecular weight is 449 g/mol. The number of allylic oxidation sites excluding steroid dienone is 1. The first-order valence-corrected chi connectivity index (χ1v) is 10.2. The highest BCUT2D eigenvalue weighted by Crippen LogP contribution is 2.39. The molecule has 1 aliphatic rings. The molecule has 0 spiro atoms. The number of halogens is 1. The second-order valence-corrected chi connectivity index (χ2v) is 8.19. The molecule has 4 rings (SSSR count). The topological polar surface area (TPSA) is 35.5 Å². The lowest BCUT2D eigenvalue weighted by Crippen LogP contribution is -2.00. The number of Topliss-reactive ketones (excluding diaryl/α,β-unsaturated/α-hetero) is 1. The predicted octanol–water partition coefficient (Wildman–Crippen LogP) is 6.57.